The highest BCUT2D eigenvalue weighted by Gasteiger charge is 2.30. The third-order valence-electron chi connectivity index (χ3n) is 2.88. The second kappa shape index (κ2) is 5.07. The van der Waals surface area contributed by atoms with Crippen LogP contribution in [0.1, 0.15) is 22.9 Å². The molecule has 1 aromatic carbocycles. The number of anilines is 2. The van der Waals surface area contributed by atoms with Gasteiger partial charge in [0.1, 0.15) is 5.76 Å². The first-order chi connectivity index (χ1) is 9.27. The quantitative estimate of drug-likeness (QED) is 0.847. The van der Waals surface area contributed by atoms with Crippen LogP contribution in [0.3, 0.4) is 0 Å². The average Bonchev–Trinajstić information content (AvgIpc) is 2.66. The van der Waals surface area contributed by atoms with Crippen LogP contribution in [0.15, 0.2) is 22.6 Å². The highest BCUT2D eigenvalue weighted by atomic mass is 19.4. The molecule has 20 heavy (non-hydrogen) atoms. The van der Waals surface area contributed by atoms with E-state index in [9.17, 15) is 13.2 Å². The van der Waals surface area contributed by atoms with E-state index in [-0.39, 0.29) is 12.2 Å². The zero-order valence-electron chi connectivity index (χ0n) is 11.0. The highest BCUT2D eigenvalue weighted by Crippen LogP contribution is 2.32. The second-order valence-electron chi connectivity index (χ2n) is 4.40. The van der Waals surface area contributed by atoms with Crippen LogP contribution in [0.4, 0.5) is 24.5 Å². The lowest BCUT2D eigenvalue weighted by Gasteiger charge is -2.11. The first-order valence-electron chi connectivity index (χ1n) is 5.91. The number of benzene rings is 1. The normalized spacial score (nSPS) is 11.7. The van der Waals surface area contributed by atoms with E-state index in [1.165, 1.54) is 6.07 Å². The average molecular weight is 285 g/mol. The number of nitrogens with zero attached hydrogens (tertiary/aromatic N) is 1. The molecule has 7 heteroatoms. The Balaban J connectivity index is 2.10. The smallest absolute Gasteiger partial charge is 0.416 e. The van der Waals surface area contributed by atoms with Crippen LogP contribution in [0.5, 0.6) is 0 Å². The lowest BCUT2D eigenvalue weighted by molar-refractivity contribution is -0.137. The van der Waals surface area contributed by atoms with E-state index in [0.717, 1.165) is 17.8 Å². The minimum absolute atomic E-state index is 0.0276. The summed E-state index contributed by atoms with van der Waals surface area (Å²) < 4.78 is 42.8. The molecule has 0 amide bonds. The molecule has 0 atom stereocenters. The highest BCUT2D eigenvalue weighted by molar-refractivity contribution is 5.67. The maximum absolute atomic E-state index is 12.5. The number of aryl methyl sites for hydroxylation is 2. The number of hydrogen-bond acceptors (Lipinski definition) is 4. The van der Waals surface area contributed by atoms with E-state index in [1.807, 2.05) is 6.92 Å². The van der Waals surface area contributed by atoms with Gasteiger partial charge in [-0.25, -0.2) is 4.98 Å². The lowest BCUT2D eigenvalue weighted by Crippen LogP contribution is -2.08. The summed E-state index contributed by atoms with van der Waals surface area (Å²) in [5.41, 5.74) is 6.05. The molecule has 2 aromatic rings. The molecule has 0 fully saturated rings. The van der Waals surface area contributed by atoms with Crippen LogP contribution in [0.2, 0.25) is 0 Å². The number of rotatable bonds is 3. The van der Waals surface area contributed by atoms with Gasteiger partial charge < -0.3 is 15.5 Å². The Hall–Kier alpha value is -2.18. The van der Waals surface area contributed by atoms with Crippen molar-refractivity contribution in [2.45, 2.75) is 26.6 Å². The van der Waals surface area contributed by atoms with Crippen LogP contribution in [0.25, 0.3) is 0 Å². The van der Waals surface area contributed by atoms with Crippen molar-refractivity contribution in [3.8, 4) is 0 Å². The Morgan fingerprint density at radius 3 is 2.50 bits per heavy atom. The predicted molar refractivity (Wildman–Crippen MR) is 69.2 cm³/mol. The molecule has 1 aromatic heterocycles. The summed E-state index contributed by atoms with van der Waals surface area (Å²) in [7, 11) is 0. The second-order valence-corrected chi connectivity index (χ2v) is 4.40. The summed E-state index contributed by atoms with van der Waals surface area (Å²) in [4.78, 5) is 4.16. The van der Waals surface area contributed by atoms with Gasteiger partial charge >= 0.3 is 6.18 Å². The van der Waals surface area contributed by atoms with Crippen LogP contribution in [0, 0.1) is 13.8 Å². The van der Waals surface area contributed by atoms with E-state index >= 15 is 0 Å². The molecule has 0 spiro atoms. The molecule has 0 saturated heterocycles. The minimum atomic E-state index is -4.40. The Bertz CT molecular complexity index is 600. The number of aromatic nitrogens is 1. The van der Waals surface area contributed by atoms with Crippen LogP contribution < -0.4 is 11.1 Å². The van der Waals surface area contributed by atoms with Crippen LogP contribution in [-0.4, -0.2) is 4.98 Å². The predicted octanol–water partition coefficient (Wildman–Crippen LogP) is 3.50. The topological polar surface area (TPSA) is 64.1 Å². The van der Waals surface area contributed by atoms with Gasteiger partial charge in [-0.3, -0.25) is 0 Å². The Labute approximate surface area is 113 Å². The molecule has 1 heterocycles. The van der Waals surface area contributed by atoms with E-state index < -0.39 is 11.7 Å². The third kappa shape index (κ3) is 3.04. The summed E-state index contributed by atoms with van der Waals surface area (Å²) >= 11 is 0. The standard InChI is InChI=1S/C13H14F3N3O/c1-7-8(2)20-12(19-7)6-18-11-4-3-9(5-10(11)17)13(14,15)16/h3-5,18H,6,17H2,1-2H3. The van der Waals surface area contributed by atoms with Crippen molar-refractivity contribution in [3.05, 3.63) is 41.1 Å². The van der Waals surface area contributed by atoms with Crippen LogP contribution in [-0.2, 0) is 12.7 Å². The van der Waals surface area contributed by atoms with Gasteiger partial charge in [-0.1, -0.05) is 0 Å². The first kappa shape index (κ1) is 14.2. The summed E-state index contributed by atoms with van der Waals surface area (Å²) in [5, 5.41) is 2.90. The van der Waals surface area contributed by atoms with Gasteiger partial charge in [-0.05, 0) is 32.0 Å². The van der Waals surface area contributed by atoms with E-state index in [0.29, 0.717) is 17.3 Å². The molecule has 108 valence electrons. The lowest BCUT2D eigenvalue weighted by atomic mass is 10.1. The fourth-order valence-electron chi connectivity index (χ4n) is 1.69. The van der Waals surface area contributed by atoms with Crippen molar-refractivity contribution in [2.75, 3.05) is 11.1 Å². The molecule has 0 radical (unpaired) electrons. The molecule has 0 aliphatic rings. The number of alkyl halides is 3. The maximum Gasteiger partial charge on any atom is 0.416 e. The summed E-state index contributed by atoms with van der Waals surface area (Å²) in [5.74, 6) is 1.17. The Morgan fingerprint density at radius 1 is 1.30 bits per heavy atom. The molecule has 0 bridgehead atoms. The van der Waals surface area contributed by atoms with E-state index in [1.54, 1.807) is 6.92 Å². The number of nitrogens with two attached hydrogens (primary N) is 1. The number of nitrogens with one attached hydrogen (secondary N) is 1. The number of oxazole rings is 1. The summed E-state index contributed by atoms with van der Waals surface area (Å²) in [6.07, 6.45) is -4.40. The van der Waals surface area contributed by atoms with Crippen LogP contribution >= 0.6 is 0 Å². The van der Waals surface area contributed by atoms with Gasteiger partial charge in [-0.2, -0.15) is 13.2 Å². The van der Waals surface area contributed by atoms with E-state index in [4.69, 9.17) is 10.2 Å². The molecule has 0 saturated carbocycles. The molecule has 3 N–H and O–H groups in total. The molecular weight excluding hydrogens is 271 g/mol. The first-order valence-corrected chi connectivity index (χ1v) is 5.91. The summed E-state index contributed by atoms with van der Waals surface area (Å²) in [6, 6.07) is 3.17. The largest absolute Gasteiger partial charge is 0.444 e. The fraction of sp³-hybridized carbons (Fsp3) is 0.308. The van der Waals surface area contributed by atoms with Crippen molar-refractivity contribution < 1.29 is 17.6 Å². The van der Waals surface area contributed by atoms with Gasteiger partial charge in [0.2, 0.25) is 5.89 Å². The zero-order valence-corrected chi connectivity index (χ0v) is 11.0. The molecular formula is C13H14F3N3O. The van der Waals surface area contributed by atoms with Crippen molar-refractivity contribution >= 4 is 11.4 Å². The van der Waals surface area contributed by atoms with Gasteiger partial charge in [0.15, 0.2) is 0 Å². The number of nitrogen functional groups attached to an aromatic ring is 1. The third-order valence-corrected chi connectivity index (χ3v) is 2.88. The monoisotopic (exact) mass is 285 g/mol. The Morgan fingerprint density at radius 2 is 2.00 bits per heavy atom. The molecule has 0 aliphatic heterocycles. The van der Waals surface area contributed by atoms with Crippen molar-refractivity contribution in [1.82, 2.24) is 4.98 Å². The SMILES string of the molecule is Cc1nc(CNc2ccc(C(F)(F)F)cc2N)oc1C. The fourth-order valence-corrected chi connectivity index (χ4v) is 1.69. The van der Waals surface area contributed by atoms with Crippen molar-refractivity contribution in [2.24, 2.45) is 0 Å². The van der Waals surface area contributed by atoms with Gasteiger partial charge in [0.25, 0.3) is 0 Å². The van der Waals surface area contributed by atoms with Gasteiger partial charge in [0.05, 0.1) is 29.2 Å². The molecule has 2 rings (SSSR count). The molecule has 0 aliphatic carbocycles. The molecule has 4 nitrogen and oxygen atoms in total. The Kier molecular flexibility index (Phi) is 3.61. The van der Waals surface area contributed by atoms with Crippen molar-refractivity contribution in [1.29, 1.82) is 0 Å². The summed E-state index contributed by atoms with van der Waals surface area (Å²) in [6.45, 7) is 3.86. The maximum atomic E-state index is 12.5. The number of hydrogen-bond donors (Lipinski definition) is 2. The van der Waals surface area contributed by atoms with E-state index in [2.05, 4.69) is 10.3 Å². The van der Waals surface area contributed by atoms with Gasteiger partial charge in [-0.15, -0.1) is 0 Å². The van der Waals surface area contributed by atoms with Gasteiger partial charge in [0, 0.05) is 0 Å². The zero-order chi connectivity index (χ0) is 14.9. The van der Waals surface area contributed by atoms with Crippen molar-refractivity contribution in [3.63, 3.8) is 0 Å². The molecule has 0 unspecified atom stereocenters. The number of halogens is 3. The minimum Gasteiger partial charge on any atom is -0.444 e.